The number of rotatable bonds is 8. The quantitative estimate of drug-likeness (QED) is 0.448. The first kappa shape index (κ1) is 22.9. The first-order chi connectivity index (χ1) is 14.7. The molecule has 0 saturated heterocycles. The molecule has 0 aromatic heterocycles. The molecule has 0 aliphatic carbocycles. The van der Waals surface area contributed by atoms with E-state index >= 15 is 0 Å². The largest absolute Gasteiger partial charge is 0.478 e. The van der Waals surface area contributed by atoms with E-state index in [4.69, 9.17) is 16.3 Å². The Bertz CT molecular complexity index is 982. The molecule has 0 aliphatic rings. The van der Waals surface area contributed by atoms with E-state index in [1.54, 1.807) is 13.8 Å². The normalized spacial score (nSPS) is 13.3. The van der Waals surface area contributed by atoms with Crippen molar-refractivity contribution in [3.05, 3.63) is 101 Å². The Kier molecular flexibility index (Phi) is 7.40. The van der Waals surface area contributed by atoms with E-state index in [2.05, 4.69) is 17.4 Å². The van der Waals surface area contributed by atoms with Crippen LogP contribution in [0.5, 0.6) is 5.75 Å². The van der Waals surface area contributed by atoms with Crippen molar-refractivity contribution in [1.82, 2.24) is 5.32 Å². The first-order valence-corrected chi connectivity index (χ1v) is 11.0. The zero-order chi connectivity index (χ0) is 22.4. The Labute approximate surface area is 190 Å². The molecule has 3 aromatic carbocycles. The summed E-state index contributed by atoms with van der Waals surface area (Å²) in [5, 5.41) is 3.91. The van der Waals surface area contributed by atoms with Gasteiger partial charge in [0.2, 0.25) is 0 Å². The highest BCUT2D eigenvalue weighted by Gasteiger charge is 2.32. The lowest BCUT2D eigenvalue weighted by Crippen LogP contribution is -2.51. The maximum absolute atomic E-state index is 13.1. The van der Waals surface area contributed by atoms with E-state index in [0.29, 0.717) is 5.75 Å². The third kappa shape index (κ3) is 6.35. The van der Waals surface area contributed by atoms with Gasteiger partial charge in [0.25, 0.3) is 5.91 Å². The van der Waals surface area contributed by atoms with Gasteiger partial charge in [-0.05, 0) is 69.5 Å². The Morgan fingerprint density at radius 1 is 0.968 bits per heavy atom. The first-order valence-electron chi connectivity index (χ1n) is 10.6. The molecular weight excluding hydrogens is 406 g/mol. The van der Waals surface area contributed by atoms with Gasteiger partial charge in [-0.2, -0.15) is 0 Å². The Balaban J connectivity index is 1.75. The van der Waals surface area contributed by atoms with Gasteiger partial charge in [-0.3, -0.25) is 4.79 Å². The van der Waals surface area contributed by atoms with Gasteiger partial charge in [-0.1, -0.05) is 71.8 Å². The predicted molar refractivity (Wildman–Crippen MR) is 128 cm³/mol. The number of halogens is 1. The summed E-state index contributed by atoms with van der Waals surface area (Å²) < 4.78 is 6.01. The van der Waals surface area contributed by atoms with Gasteiger partial charge in [-0.25, -0.2) is 0 Å². The van der Waals surface area contributed by atoms with Crippen LogP contribution in [0.1, 0.15) is 43.4 Å². The van der Waals surface area contributed by atoms with Crippen LogP contribution in [0.2, 0.25) is 5.02 Å². The Hall–Kier alpha value is -2.78. The summed E-state index contributed by atoms with van der Waals surface area (Å²) in [4.78, 5) is 13.1. The summed E-state index contributed by atoms with van der Waals surface area (Å²) in [6, 6.07) is 25.8. The second-order valence-electron chi connectivity index (χ2n) is 8.54. The van der Waals surface area contributed by atoms with Crippen molar-refractivity contribution < 1.29 is 9.53 Å². The van der Waals surface area contributed by atoms with Crippen molar-refractivity contribution in [1.29, 1.82) is 0 Å². The van der Waals surface area contributed by atoms with E-state index in [1.807, 2.05) is 80.6 Å². The van der Waals surface area contributed by atoms with E-state index in [0.717, 1.165) is 17.0 Å². The molecule has 3 nitrogen and oxygen atoms in total. The van der Waals surface area contributed by atoms with Crippen molar-refractivity contribution in [3.8, 4) is 5.75 Å². The second kappa shape index (κ2) is 10.0. The van der Waals surface area contributed by atoms with Crippen LogP contribution in [-0.2, 0) is 11.2 Å². The Morgan fingerprint density at radius 3 is 2.19 bits per heavy atom. The van der Waals surface area contributed by atoms with Crippen molar-refractivity contribution in [2.75, 3.05) is 0 Å². The summed E-state index contributed by atoms with van der Waals surface area (Å²) in [5.41, 5.74) is 2.51. The highest BCUT2D eigenvalue weighted by atomic mass is 35.5. The van der Waals surface area contributed by atoms with Crippen LogP contribution in [0.25, 0.3) is 0 Å². The fourth-order valence-electron chi connectivity index (χ4n) is 3.59. The van der Waals surface area contributed by atoms with Crippen LogP contribution in [0.4, 0.5) is 0 Å². The van der Waals surface area contributed by atoms with Crippen LogP contribution >= 0.6 is 11.6 Å². The highest BCUT2D eigenvalue weighted by molar-refractivity contribution is 6.30. The van der Waals surface area contributed by atoms with Gasteiger partial charge in [-0.15, -0.1) is 0 Å². The minimum absolute atomic E-state index is 0.0912. The summed E-state index contributed by atoms with van der Waals surface area (Å²) >= 11 is 6.05. The summed E-state index contributed by atoms with van der Waals surface area (Å²) in [7, 11) is 0. The van der Waals surface area contributed by atoms with Gasteiger partial charge in [0, 0.05) is 17.0 Å². The van der Waals surface area contributed by atoms with Gasteiger partial charge in [0.15, 0.2) is 5.60 Å². The fourth-order valence-corrected chi connectivity index (χ4v) is 3.71. The topological polar surface area (TPSA) is 38.3 Å². The van der Waals surface area contributed by atoms with E-state index < -0.39 is 5.60 Å². The minimum Gasteiger partial charge on any atom is -0.478 e. The molecule has 162 valence electrons. The van der Waals surface area contributed by atoms with Crippen LogP contribution in [0, 0.1) is 6.92 Å². The molecule has 1 amide bonds. The van der Waals surface area contributed by atoms with Crippen LogP contribution in [-0.4, -0.2) is 17.6 Å². The van der Waals surface area contributed by atoms with Gasteiger partial charge < -0.3 is 10.1 Å². The summed E-state index contributed by atoms with van der Waals surface area (Å²) in [6.45, 7) is 7.67. The standard InChI is InChI=1S/C27H30ClNO2/c1-19-10-16-24(17-11-19)31-27(3,4)26(30)29-20(2)25(22-8-6-5-7-9-22)18-21-12-14-23(28)15-13-21/h5-17,20,25H,18H2,1-4H3,(H,29,30). The number of ether oxygens (including phenoxy) is 1. The van der Waals surface area contributed by atoms with E-state index in [-0.39, 0.29) is 17.9 Å². The highest BCUT2D eigenvalue weighted by Crippen LogP contribution is 2.26. The maximum Gasteiger partial charge on any atom is 0.263 e. The molecule has 0 radical (unpaired) electrons. The van der Waals surface area contributed by atoms with Crippen LogP contribution in [0.15, 0.2) is 78.9 Å². The molecule has 0 bridgehead atoms. The van der Waals surface area contributed by atoms with E-state index in [1.165, 1.54) is 11.1 Å². The summed E-state index contributed by atoms with van der Waals surface area (Å²) in [6.07, 6.45) is 0.794. The van der Waals surface area contributed by atoms with Crippen LogP contribution < -0.4 is 10.1 Å². The Morgan fingerprint density at radius 2 is 1.58 bits per heavy atom. The molecule has 2 atom stereocenters. The summed E-state index contributed by atoms with van der Waals surface area (Å²) in [5.74, 6) is 0.651. The number of hydrogen-bond donors (Lipinski definition) is 1. The molecule has 0 saturated carbocycles. The zero-order valence-electron chi connectivity index (χ0n) is 18.6. The number of carbonyl (C=O) groups excluding carboxylic acids is 1. The third-order valence-corrected chi connectivity index (χ3v) is 5.75. The molecule has 0 heterocycles. The smallest absolute Gasteiger partial charge is 0.263 e. The number of carbonyl (C=O) groups is 1. The lowest BCUT2D eigenvalue weighted by Gasteiger charge is -2.31. The lowest BCUT2D eigenvalue weighted by molar-refractivity contribution is -0.135. The minimum atomic E-state index is -0.995. The molecular formula is C27H30ClNO2. The monoisotopic (exact) mass is 435 g/mol. The number of hydrogen-bond acceptors (Lipinski definition) is 2. The number of amides is 1. The third-order valence-electron chi connectivity index (χ3n) is 5.50. The maximum atomic E-state index is 13.1. The van der Waals surface area contributed by atoms with Crippen molar-refractivity contribution in [2.24, 2.45) is 0 Å². The number of benzene rings is 3. The predicted octanol–water partition coefficient (Wildman–Crippen LogP) is 6.34. The molecule has 31 heavy (non-hydrogen) atoms. The molecule has 0 fully saturated rings. The van der Waals surface area contributed by atoms with Gasteiger partial charge in [0.05, 0.1) is 0 Å². The average molecular weight is 436 g/mol. The molecule has 3 rings (SSSR count). The molecule has 0 aliphatic heterocycles. The molecule has 2 unspecified atom stereocenters. The zero-order valence-corrected chi connectivity index (χ0v) is 19.3. The SMILES string of the molecule is Cc1ccc(OC(C)(C)C(=O)NC(C)C(Cc2ccc(Cl)cc2)c2ccccc2)cc1. The van der Waals surface area contributed by atoms with Crippen molar-refractivity contribution in [3.63, 3.8) is 0 Å². The molecule has 4 heteroatoms. The average Bonchev–Trinajstić information content (AvgIpc) is 2.75. The van der Waals surface area contributed by atoms with Crippen molar-refractivity contribution >= 4 is 17.5 Å². The number of nitrogens with one attached hydrogen (secondary N) is 1. The van der Waals surface area contributed by atoms with E-state index in [9.17, 15) is 4.79 Å². The van der Waals surface area contributed by atoms with Gasteiger partial charge in [0.1, 0.15) is 5.75 Å². The van der Waals surface area contributed by atoms with Crippen LogP contribution in [0.3, 0.4) is 0 Å². The van der Waals surface area contributed by atoms with Crippen molar-refractivity contribution in [2.45, 2.75) is 51.7 Å². The lowest BCUT2D eigenvalue weighted by atomic mass is 9.86. The molecule has 1 N–H and O–H groups in total. The fraction of sp³-hybridized carbons (Fsp3) is 0.296. The molecule has 3 aromatic rings. The number of aryl methyl sites for hydroxylation is 1. The second-order valence-corrected chi connectivity index (χ2v) is 8.97. The molecule has 0 spiro atoms. The van der Waals surface area contributed by atoms with Gasteiger partial charge >= 0.3 is 0 Å².